The van der Waals surface area contributed by atoms with Crippen molar-refractivity contribution in [3.8, 4) is 0 Å². The van der Waals surface area contributed by atoms with E-state index in [-0.39, 0.29) is 6.04 Å². The zero-order chi connectivity index (χ0) is 15.4. The maximum absolute atomic E-state index is 6.24. The Morgan fingerprint density at radius 2 is 2.14 bits per heavy atom. The summed E-state index contributed by atoms with van der Waals surface area (Å²) in [5.41, 5.74) is 2.31. The van der Waals surface area contributed by atoms with Crippen LogP contribution in [-0.2, 0) is 0 Å². The third-order valence-electron chi connectivity index (χ3n) is 3.25. The fourth-order valence-corrected chi connectivity index (χ4v) is 3.54. The monoisotopic (exact) mass is 386 g/mol. The first-order chi connectivity index (χ1) is 10.0. The summed E-state index contributed by atoms with van der Waals surface area (Å²) in [5, 5.41) is 7.56. The van der Waals surface area contributed by atoms with Gasteiger partial charge in [0.05, 0.1) is 16.8 Å². The highest BCUT2D eigenvalue weighted by Gasteiger charge is 2.19. The topological polar surface area (TPSA) is 24.9 Å². The summed E-state index contributed by atoms with van der Waals surface area (Å²) < 4.78 is 0.921. The molecule has 1 heterocycles. The summed E-state index contributed by atoms with van der Waals surface area (Å²) in [5.74, 6) is 0.454. The van der Waals surface area contributed by atoms with Gasteiger partial charge in [-0.2, -0.15) is 0 Å². The average molecular weight is 388 g/mol. The molecule has 0 aliphatic heterocycles. The quantitative estimate of drug-likeness (QED) is 0.680. The molecule has 0 saturated carbocycles. The van der Waals surface area contributed by atoms with E-state index in [4.69, 9.17) is 16.6 Å². The summed E-state index contributed by atoms with van der Waals surface area (Å²) in [6.07, 6.45) is 1.09. The Hall–Kier alpha value is -0.420. The van der Waals surface area contributed by atoms with Gasteiger partial charge >= 0.3 is 0 Å². The van der Waals surface area contributed by atoms with Gasteiger partial charge in [0.15, 0.2) is 0 Å². The molecule has 0 bridgehead atoms. The van der Waals surface area contributed by atoms with Crippen molar-refractivity contribution in [3.63, 3.8) is 0 Å². The van der Waals surface area contributed by atoms with Crippen molar-refractivity contribution in [2.45, 2.75) is 39.2 Å². The van der Waals surface area contributed by atoms with Crippen LogP contribution in [0.4, 0.5) is 0 Å². The Balaban J connectivity index is 2.34. The lowest BCUT2D eigenvalue weighted by molar-refractivity contribution is 0.593. The van der Waals surface area contributed by atoms with Crippen molar-refractivity contribution in [2.24, 2.45) is 0 Å². The first-order valence-electron chi connectivity index (χ1n) is 7.16. The van der Waals surface area contributed by atoms with Gasteiger partial charge in [0.1, 0.15) is 5.01 Å². The Labute approximate surface area is 144 Å². The molecule has 1 N–H and O–H groups in total. The lowest BCUT2D eigenvalue weighted by atomic mass is 10.1. The van der Waals surface area contributed by atoms with Crippen molar-refractivity contribution < 1.29 is 0 Å². The third kappa shape index (κ3) is 4.28. The summed E-state index contributed by atoms with van der Waals surface area (Å²) in [7, 11) is 0. The van der Waals surface area contributed by atoms with Gasteiger partial charge in [-0.1, -0.05) is 38.4 Å². The standard InChI is InChI=1S/C16H20BrClN2S/c1-4-7-19-15(11-5-6-12(17)13(18)8-11)16-20-14(9-21-16)10(2)3/h5-6,8-10,15,19H,4,7H2,1-3H3. The molecule has 1 unspecified atom stereocenters. The molecule has 1 atom stereocenters. The van der Waals surface area contributed by atoms with Crippen LogP contribution >= 0.6 is 38.9 Å². The molecule has 5 heteroatoms. The van der Waals surface area contributed by atoms with Crippen LogP contribution in [0.1, 0.15) is 55.4 Å². The molecule has 1 aromatic carbocycles. The van der Waals surface area contributed by atoms with Crippen LogP contribution in [-0.4, -0.2) is 11.5 Å². The fourth-order valence-electron chi connectivity index (χ4n) is 2.03. The largest absolute Gasteiger partial charge is 0.304 e. The molecule has 0 fully saturated rings. The van der Waals surface area contributed by atoms with E-state index >= 15 is 0 Å². The second kappa shape index (κ2) is 7.73. The van der Waals surface area contributed by atoms with Crippen molar-refractivity contribution in [3.05, 3.63) is 49.3 Å². The number of hydrogen-bond donors (Lipinski definition) is 1. The predicted molar refractivity (Wildman–Crippen MR) is 95.5 cm³/mol. The number of hydrogen-bond acceptors (Lipinski definition) is 3. The number of halogens is 2. The van der Waals surface area contributed by atoms with Crippen LogP contribution in [0.5, 0.6) is 0 Å². The van der Waals surface area contributed by atoms with Crippen molar-refractivity contribution in [1.29, 1.82) is 0 Å². The molecule has 2 rings (SSSR count). The fraction of sp³-hybridized carbons (Fsp3) is 0.438. The van der Waals surface area contributed by atoms with Crippen molar-refractivity contribution >= 4 is 38.9 Å². The second-order valence-corrected chi connectivity index (χ2v) is 7.48. The molecular formula is C16H20BrClN2S. The van der Waals surface area contributed by atoms with E-state index in [0.29, 0.717) is 5.92 Å². The van der Waals surface area contributed by atoms with Gasteiger partial charge in [-0.05, 0) is 52.5 Å². The Morgan fingerprint density at radius 3 is 2.71 bits per heavy atom. The summed E-state index contributed by atoms with van der Waals surface area (Å²) in [4.78, 5) is 4.79. The smallest absolute Gasteiger partial charge is 0.114 e. The SMILES string of the molecule is CCCNC(c1ccc(Br)c(Cl)c1)c1nc(C(C)C)cs1. The van der Waals surface area contributed by atoms with E-state index in [0.717, 1.165) is 38.7 Å². The number of rotatable bonds is 6. The normalized spacial score (nSPS) is 12.9. The number of aromatic nitrogens is 1. The minimum absolute atomic E-state index is 0.105. The van der Waals surface area contributed by atoms with Crippen LogP contribution in [0.2, 0.25) is 5.02 Å². The lowest BCUT2D eigenvalue weighted by Gasteiger charge is -2.17. The Kier molecular flexibility index (Phi) is 6.23. The zero-order valence-corrected chi connectivity index (χ0v) is 15.6. The van der Waals surface area contributed by atoms with Crippen LogP contribution in [0, 0.1) is 0 Å². The molecule has 114 valence electrons. The predicted octanol–water partition coefficient (Wildman–Crippen LogP) is 5.77. The molecule has 0 spiro atoms. The van der Waals surface area contributed by atoms with E-state index in [1.165, 1.54) is 0 Å². The summed E-state index contributed by atoms with van der Waals surface area (Å²) in [6, 6.07) is 6.21. The van der Waals surface area contributed by atoms with E-state index in [2.05, 4.69) is 53.5 Å². The molecule has 0 radical (unpaired) electrons. The molecule has 2 nitrogen and oxygen atoms in total. The van der Waals surface area contributed by atoms with Gasteiger partial charge in [0.25, 0.3) is 0 Å². The van der Waals surface area contributed by atoms with Crippen molar-refractivity contribution in [2.75, 3.05) is 6.54 Å². The van der Waals surface area contributed by atoms with Crippen LogP contribution in [0.3, 0.4) is 0 Å². The van der Waals surface area contributed by atoms with E-state index < -0.39 is 0 Å². The van der Waals surface area contributed by atoms with Gasteiger partial charge in [-0.15, -0.1) is 11.3 Å². The minimum atomic E-state index is 0.105. The highest BCUT2D eigenvalue weighted by molar-refractivity contribution is 9.10. The van der Waals surface area contributed by atoms with Gasteiger partial charge in [0.2, 0.25) is 0 Å². The minimum Gasteiger partial charge on any atom is -0.304 e. The first kappa shape index (κ1) is 16.9. The van der Waals surface area contributed by atoms with Gasteiger partial charge in [0, 0.05) is 9.85 Å². The lowest BCUT2D eigenvalue weighted by Crippen LogP contribution is -2.23. The van der Waals surface area contributed by atoms with Gasteiger partial charge in [-0.3, -0.25) is 0 Å². The average Bonchev–Trinajstić information content (AvgIpc) is 2.93. The Bertz CT molecular complexity index is 598. The van der Waals surface area contributed by atoms with Crippen LogP contribution in [0.25, 0.3) is 0 Å². The molecule has 21 heavy (non-hydrogen) atoms. The molecule has 0 saturated heterocycles. The second-order valence-electron chi connectivity index (χ2n) is 5.33. The van der Waals surface area contributed by atoms with E-state index in [1.807, 2.05) is 12.1 Å². The molecule has 1 aromatic heterocycles. The molecular weight excluding hydrogens is 368 g/mol. The zero-order valence-electron chi connectivity index (χ0n) is 12.5. The summed E-state index contributed by atoms with van der Waals surface area (Å²) in [6.45, 7) is 7.46. The Morgan fingerprint density at radius 1 is 1.38 bits per heavy atom. The number of thiazole rings is 1. The molecule has 2 aromatic rings. The highest BCUT2D eigenvalue weighted by Crippen LogP contribution is 2.31. The number of nitrogens with one attached hydrogen (secondary N) is 1. The third-order valence-corrected chi connectivity index (χ3v) is 5.41. The molecule has 0 aliphatic rings. The molecule has 0 amide bonds. The van der Waals surface area contributed by atoms with E-state index in [1.54, 1.807) is 11.3 Å². The number of benzene rings is 1. The van der Waals surface area contributed by atoms with E-state index in [9.17, 15) is 0 Å². The highest BCUT2D eigenvalue weighted by atomic mass is 79.9. The first-order valence-corrected chi connectivity index (χ1v) is 9.21. The maximum atomic E-state index is 6.24. The number of nitrogens with zero attached hydrogens (tertiary/aromatic N) is 1. The maximum Gasteiger partial charge on any atom is 0.114 e. The molecule has 0 aliphatic carbocycles. The summed E-state index contributed by atoms with van der Waals surface area (Å²) >= 11 is 11.4. The van der Waals surface area contributed by atoms with Crippen molar-refractivity contribution in [1.82, 2.24) is 10.3 Å². The van der Waals surface area contributed by atoms with Gasteiger partial charge < -0.3 is 5.32 Å². The van der Waals surface area contributed by atoms with Gasteiger partial charge in [-0.25, -0.2) is 4.98 Å². The van der Waals surface area contributed by atoms with Crippen LogP contribution < -0.4 is 5.32 Å². The van der Waals surface area contributed by atoms with Crippen LogP contribution in [0.15, 0.2) is 28.1 Å².